The van der Waals surface area contributed by atoms with Gasteiger partial charge in [0.15, 0.2) is 9.84 Å². The first-order valence-corrected chi connectivity index (χ1v) is 7.20. The number of halogens is 1. The fourth-order valence-electron chi connectivity index (χ4n) is 1.65. The SMILES string of the molecule is O=C(O)c1ccc(F)c(S(=O)(=O)Cc2ccncc2)c1. The molecule has 0 atom stereocenters. The highest BCUT2D eigenvalue weighted by Crippen LogP contribution is 2.21. The van der Waals surface area contributed by atoms with Crippen LogP contribution in [-0.4, -0.2) is 24.5 Å². The molecular weight excluding hydrogens is 285 g/mol. The van der Waals surface area contributed by atoms with Crippen molar-refractivity contribution in [2.45, 2.75) is 10.6 Å². The van der Waals surface area contributed by atoms with Gasteiger partial charge in [-0.3, -0.25) is 4.98 Å². The van der Waals surface area contributed by atoms with Crippen LogP contribution in [0.15, 0.2) is 47.6 Å². The molecule has 1 aromatic heterocycles. The molecule has 104 valence electrons. The lowest BCUT2D eigenvalue weighted by Crippen LogP contribution is -2.09. The van der Waals surface area contributed by atoms with Gasteiger partial charge in [-0.15, -0.1) is 0 Å². The van der Waals surface area contributed by atoms with Gasteiger partial charge in [-0.2, -0.15) is 0 Å². The Hall–Kier alpha value is -2.28. The Morgan fingerprint density at radius 1 is 1.20 bits per heavy atom. The van der Waals surface area contributed by atoms with E-state index in [2.05, 4.69) is 4.98 Å². The predicted octanol–water partition coefficient (Wildman–Crippen LogP) is 1.89. The number of carboxylic acids is 1. The van der Waals surface area contributed by atoms with Gasteiger partial charge in [-0.25, -0.2) is 17.6 Å². The van der Waals surface area contributed by atoms with Gasteiger partial charge in [-0.05, 0) is 35.9 Å². The number of rotatable bonds is 4. The number of sulfone groups is 1. The van der Waals surface area contributed by atoms with Gasteiger partial charge >= 0.3 is 5.97 Å². The molecular formula is C13H10FNO4S. The molecule has 1 N–H and O–H groups in total. The highest BCUT2D eigenvalue weighted by molar-refractivity contribution is 7.90. The van der Waals surface area contributed by atoms with Crippen LogP contribution >= 0.6 is 0 Å². The second kappa shape index (κ2) is 5.38. The summed E-state index contributed by atoms with van der Waals surface area (Å²) in [5, 5.41) is 8.83. The van der Waals surface area contributed by atoms with E-state index in [0.29, 0.717) is 5.56 Å². The molecule has 2 rings (SSSR count). The zero-order chi connectivity index (χ0) is 14.8. The maximum absolute atomic E-state index is 13.6. The third-order valence-electron chi connectivity index (χ3n) is 2.62. The first kappa shape index (κ1) is 14.1. The summed E-state index contributed by atoms with van der Waals surface area (Å²) in [6.45, 7) is 0. The van der Waals surface area contributed by atoms with Gasteiger partial charge in [0.2, 0.25) is 0 Å². The Balaban J connectivity index is 2.44. The number of pyridine rings is 1. The Kier molecular flexibility index (Phi) is 3.80. The van der Waals surface area contributed by atoms with Gasteiger partial charge in [-0.1, -0.05) is 0 Å². The average Bonchev–Trinajstić information content (AvgIpc) is 2.39. The van der Waals surface area contributed by atoms with Crippen LogP contribution in [0.3, 0.4) is 0 Å². The van der Waals surface area contributed by atoms with Crippen LogP contribution in [0.25, 0.3) is 0 Å². The molecule has 1 heterocycles. The van der Waals surface area contributed by atoms with Crippen molar-refractivity contribution in [2.24, 2.45) is 0 Å². The third-order valence-corrected chi connectivity index (χ3v) is 4.32. The van der Waals surface area contributed by atoms with E-state index < -0.39 is 32.3 Å². The summed E-state index contributed by atoms with van der Waals surface area (Å²) in [6, 6.07) is 5.67. The zero-order valence-electron chi connectivity index (χ0n) is 10.2. The highest BCUT2D eigenvalue weighted by atomic mass is 32.2. The van der Waals surface area contributed by atoms with Crippen LogP contribution < -0.4 is 0 Å². The number of carboxylic acid groups (broad SMARTS) is 1. The molecule has 1 aromatic carbocycles. The zero-order valence-corrected chi connectivity index (χ0v) is 11.0. The van der Waals surface area contributed by atoms with Gasteiger partial charge in [0, 0.05) is 12.4 Å². The quantitative estimate of drug-likeness (QED) is 0.931. The number of nitrogens with zero attached hydrogens (tertiary/aromatic N) is 1. The number of aromatic carboxylic acids is 1. The standard InChI is InChI=1S/C13H10FNO4S/c14-11-2-1-10(13(16)17)7-12(11)20(18,19)8-9-3-5-15-6-4-9/h1-7H,8H2,(H,16,17). The fraction of sp³-hybridized carbons (Fsp3) is 0.0769. The van der Waals surface area contributed by atoms with Gasteiger partial charge in [0.1, 0.15) is 10.7 Å². The average molecular weight is 295 g/mol. The topological polar surface area (TPSA) is 84.3 Å². The van der Waals surface area contributed by atoms with Crippen LogP contribution in [0.1, 0.15) is 15.9 Å². The van der Waals surface area contributed by atoms with E-state index in [4.69, 9.17) is 5.11 Å². The van der Waals surface area contributed by atoms with E-state index in [0.717, 1.165) is 18.2 Å². The number of aromatic nitrogens is 1. The second-order valence-electron chi connectivity index (χ2n) is 4.06. The lowest BCUT2D eigenvalue weighted by atomic mass is 10.2. The summed E-state index contributed by atoms with van der Waals surface area (Å²) in [6.07, 6.45) is 2.85. The fourth-order valence-corrected chi connectivity index (χ4v) is 3.11. The maximum Gasteiger partial charge on any atom is 0.335 e. The van der Waals surface area contributed by atoms with Crippen LogP contribution in [-0.2, 0) is 15.6 Å². The van der Waals surface area contributed by atoms with Gasteiger partial charge < -0.3 is 5.11 Å². The lowest BCUT2D eigenvalue weighted by molar-refractivity contribution is 0.0696. The number of benzene rings is 1. The lowest BCUT2D eigenvalue weighted by Gasteiger charge is -2.07. The van der Waals surface area contributed by atoms with Crippen molar-refractivity contribution in [1.82, 2.24) is 4.98 Å². The van der Waals surface area contributed by atoms with Crippen molar-refractivity contribution in [3.63, 3.8) is 0 Å². The summed E-state index contributed by atoms with van der Waals surface area (Å²) in [5.74, 6) is -2.70. The van der Waals surface area contributed by atoms with Crippen LogP contribution in [0.5, 0.6) is 0 Å². The second-order valence-corrected chi connectivity index (χ2v) is 6.02. The molecule has 5 nitrogen and oxygen atoms in total. The van der Waals surface area contributed by atoms with Crippen LogP contribution in [0.2, 0.25) is 0 Å². The van der Waals surface area contributed by atoms with E-state index in [9.17, 15) is 17.6 Å². The van der Waals surface area contributed by atoms with Crippen LogP contribution in [0, 0.1) is 5.82 Å². The molecule has 0 spiro atoms. The minimum Gasteiger partial charge on any atom is -0.478 e. The molecule has 0 aliphatic carbocycles. The van der Waals surface area contributed by atoms with E-state index in [-0.39, 0.29) is 5.56 Å². The third kappa shape index (κ3) is 3.00. The number of hydrogen-bond donors (Lipinski definition) is 1. The minimum absolute atomic E-state index is 0.278. The highest BCUT2D eigenvalue weighted by Gasteiger charge is 2.21. The summed E-state index contributed by atoms with van der Waals surface area (Å²) in [4.78, 5) is 14.0. The Morgan fingerprint density at radius 2 is 1.85 bits per heavy atom. The van der Waals surface area contributed by atoms with Crippen LogP contribution in [0.4, 0.5) is 4.39 Å². The molecule has 0 unspecified atom stereocenters. The summed E-state index contributed by atoms with van der Waals surface area (Å²) in [7, 11) is -3.97. The van der Waals surface area contributed by atoms with Crippen molar-refractivity contribution >= 4 is 15.8 Å². The van der Waals surface area contributed by atoms with Crippen molar-refractivity contribution in [2.75, 3.05) is 0 Å². The van der Waals surface area contributed by atoms with Crippen molar-refractivity contribution in [3.05, 3.63) is 59.7 Å². The minimum atomic E-state index is -3.97. The molecule has 7 heteroatoms. The smallest absolute Gasteiger partial charge is 0.335 e. The molecule has 0 aliphatic heterocycles. The molecule has 0 radical (unpaired) electrons. The maximum atomic E-state index is 13.6. The molecule has 2 aromatic rings. The summed E-state index contributed by atoms with van der Waals surface area (Å²) in [5.41, 5.74) is 0.167. The van der Waals surface area contributed by atoms with E-state index in [1.54, 1.807) is 0 Å². The van der Waals surface area contributed by atoms with E-state index in [1.165, 1.54) is 24.5 Å². The molecule has 0 saturated carbocycles. The van der Waals surface area contributed by atoms with E-state index in [1.807, 2.05) is 0 Å². The predicted molar refractivity (Wildman–Crippen MR) is 68.5 cm³/mol. The molecule has 0 bridgehead atoms. The number of hydrogen-bond acceptors (Lipinski definition) is 4. The summed E-state index contributed by atoms with van der Waals surface area (Å²) >= 11 is 0. The molecule has 0 aliphatic rings. The number of carbonyl (C=O) groups is 1. The molecule has 0 saturated heterocycles. The van der Waals surface area contributed by atoms with Crippen molar-refractivity contribution in [3.8, 4) is 0 Å². The Bertz CT molecular complexity index is 744. The molecule has 0 fully saturated rings. The van der Waals surface area contributed by atoms with Crippen molar-refractivity contribution < 1.29 is 22.7 Å². The normalized spacial score (nSPS) is 11.2. The first-order valence-electron chi connectivity index (χ1n) is 5.54. The van der Waals surface area contributed by atoms with E-state index >= 15 is 0 Å². The Labute approximate surface area is 114 Å². The molecule has 0 amide bonds. The first-order chi connectivity index (χ1) is 9.40. The molecule has 20 heavy (non-hydrogen) atoms. The van der Waals surface area contributed by atoms with Gasteiger partial charge in [0.05, 0.1) is 11.3 Å². The largest absolute Gasteiger partial charge is 0.478 e. The van der Waals surface area contributed by atoms with Gasteiger partial charge in [0.25, 0.3) is 0 Å². The Morgan fingerprint density at radius 3 is 2.45 bits per heavy atom. The van der Waals surface area contributed by atoms with Crippen molar-refractivity contribution in [1.29, 1.82) is 0 Å². The monoisotopic (exact) mass is 295 g/mol. The summed E-state index contributed by atoms with van der Waals surface area (Å²) < 4.78 is 37.9.